The summed E-state index contributed by atoms with van der Waals surface area (Å²) in [6.07, 6.45) is 3.44. The molecule has 126 valence electrons. The molecule has 7 heteroatoms. The van der Waals surface area contributed by atoms with Gasteiger partial charge in [0, 0.05) is 11.1 Å². The highest BCUT2D eigenvalue weighted by Gasteiger charge is 2.27. The van der Waals surface area contributed by atoms with Crippen LogP contribution in [0.2, 0.25) is 5.02 Å². The van der Waals surface area contributed by atoms with Crippen molar-refractivity contribution in [1.82, 2.24) is 16.2 Å². The zero-order chi connectivity index (χ0) is 17.0. The average molecular weight is 358 g/mol. The fourth-order valence-corrected chi connectivity index (χ4v) is 3.21. The van der Waals surface area contributed by atoms with Gasteiger partial charge >= 0.3 is 0 Å². The van der Waals surface area contributed by atoms with Crippen LogP contribution in [0.1, 0.15) is 43.5 Å². The molecule has 0 unspecified atom stereocenters. The van der Waals surface area contributed by atoms with Crippen LogP contribution in [0.3, 0.4) is 0 Å². The van der Waals surface area contributed by atoms with Gasteiger partial charge in [0.25, 0.3) is 5.91 Å². The van der Waals surface area contributed by atoms with E-state index in [9.17, 15) is 9.18 Å². The van der Waals surface area contributed by atoms with E-state index in [1.165, 1.54) is 18.6 Å². The van der Waals surface area contributed by atoms with E-state index in [2.05, 4.69) is 30.0 Å². The molecule has 0 bridgehead atoms. The zero-order valence-electron chi connectivity index (χ0n) is 13.2. The van der Waals surface area contributed by atoms with Crippen LogP contribution in [-0.2, 0) is 0 Å². The van der Waals surface area contributed by atoms with Crippen LogP contribution in [0.15, 0.2) is 18.2 Å². The van der Waals surface area contributed by atoms with Gasteiger partial charge in [0.1, 0.15) is 5.82 Å². The highest BCUT2D eigenvalue weighted by molar-refractivity contribution is 7.80. The average Bonchev–Trinajstić information content (AvgIpc) is 2.49. The predicted octanol–water partition coefficient (Wildman–Crippen LogP) is 3.41. The van der Waals surface area contributed by atoms with Crippen LogP contribution in [0.25, 0.3) is 0 Å². The fraction of sp³-hybridized carbons (Fsp3) is 0.500. The van der Waals surface area contributed by atoms with Crippen molar-refractivity contribution >= 4 is 34.8 Å². The largest absolute Gasteiger partial charge is 0.358 e. The second kappa shape index (κ2) is 7.93. The quantitative estimate of drug-likeness (QED) is 0.561. The first-order valence-corrected chi connectivity index (χ1v) is 8.49. The smallest absolute Gasteiger partial charge is 0.272 e. The van der Waals surface area contributed by atoms with Crippen molar-refractivity contribution in [3.05, 3.63) is 34.6 Å². The number of rotatable bonds is 2. The first-order chi connectivity index (χ1) is 10.9. The summed E-state index contributed by atoms with van der Waals surface area (Å²) in [7, 11) is 0. The van der Waals surface area contributed by atoms with Crippen LogP contribution in [-0.4, -0.2) is 17.1 Å². The van der Waals surface area contributed by atoms with Gasteiger partial charge in [0.15, 0.2) is 5.11 Å². The molecular weight excluding hydrogens is 337 g/mol. The minimum atomic E-state index is -0.676. The number of carbonyl (C=O) groups excluding carboxylic acids is 1. The molecule has 1 aromatic carbocycles. The molecule has 1 aliphatic carbocycles. The highest BCUT2D eigenvalue weighted by atomic mass is 35.5. The summed E-state index contributed by atoms with van der Waals surface area (Å²) in [6, 6.07) is 4.16. The Bertz CT molecular complexity index is 599. The molecule has 0 spiro atoms. The van der Waals surface area contributed by atoms with Crippen LogP contribution < -0.4 is 16.2 Å². The molecule has 1 fully saturated rings. The molecule has 0 radical (unpaired) electrons. The number of benzene rings is 1. The minimum Gasteiger partial charge on any atom is -0.358 e. The van der Waals surface area contributed by atoms with Crippen LogP contribution in [0, 0.1) is 17.7 Å². The molecule has 0 saturated heterocycles. The monoisotopic (exact) mass is 357 g/mol. The van der Waals surface area contributed by atoms with Gasteiger partial charge in [-0.15, -0.1) is 0 Å². The molecule has 3 atom stereocenters. The standard InChI is InChI=1S/C16H21ClFN3OS/c1-9-4-3-5-14(10(9)2)19-16(23)21-20-15(22)12-7-6-11(17)8-13(12)18/h6-10,14H,3-5H2,1-2H3,(H,20,22)(H2,19,21,23)/t9-,10+,14-/m0/s1. The van der Waals surface area contributed by atoms with Gasteiger partial charge in [-0.1, -0.05) is 38.3 Å². The Kier molecular flexibility index (Phi) is 6.18. The van der Waals surface area contributed by atoms with Crippen molar-refractivity contribution in [2.75, 3.05) is 0 Å². The molecule has 1 saturated carbocycles. The summed E-state index contributed by atoms with van der Waals surface area (Å²) >= 11 is 10.9. The molecule has 1 aliphatic rings. The van der Waals surface area contributed by atoms with Crippen molar-refractivity contribution in [3.63, 3.8) is 0 Å². The topological polar surface area (TPSA) is 53.2 Å². The molecule has 4 nitrogen and oxygen atoms in total. The van der Waals surface area contributed by atoms with Crippen molar-refractivity contribution in [3.8, 4) is 0 Å². The number of hydrogen-bond acceptors (Lipinski definition) is 2. The molecular formula is C16H21ClFN3OS. The second-order valence-corrected chi connectivity index (χ2v) is 6.90. The molecule has 0 heterocycles. The number of carbonyl (C=O) groups is 1. The summed E-state index contributed by atoms with van der Waals surface area (Å²) < 4.78 is 13.7. The van der Waals surface area contributed by atoms with Crippen molar-refractivity contribution in [1.29, 1.82) is 0 Å². The fourth-order valence-electron chi connectivity index (χ4n) is 2.84. The maximum absolute atomic E-state index is 13.7. The van der Waals surface area contributed by atoms with Gasteiger partial charge in [-0.05, 0) is 48.7 Å². The number of thiocarbonyl (C=S) groups is 1. The van der Waals surface area contributed by atoms with Crippen molar-refractivity contribution in [2.24, 2.45) is 11.8 Å². The number of halogens is 2. The van der Waals surface area contributed by atoms with Gasteiger partial charge in [-0.2, -0.15) is 0 Å². The molecule has 0 aromatic heterocycles. The van der Waals surface area contributed by atoms with Crippen LogP contribution in [0.5, 0.6) is 0 Å². The van der Waals surface area contributed by atoms with Crippen molar-refractivity contribution in [2.45, 2.75) is 39.2 Å². The third kappa shape index (κ3) is 4.78. The van der Waals surface area contributed by atoms with E-state index in [-0.39, 0.29) is 16.6 Å². The zero-order valence-corrected chi connectivity index (χ0v) is 14.7. The summed E-state index contributed by atoms with van der Waals surface area (Å²) in [6.45, 7) is 4.44. The molecule has 1 amide bonds. The van der Waals surface area contributed by atoms with E-state index in [1.807, 2.05) is 0 Å². The Morgan fingerprint density at radius 2 is 2.04 bits per heavy atom. The minimum absolute atomic E-state index is 0.0932. The third-order valence-corrected chi connectivity index (χ3v) is 4.94. The predicted molar refractivity (Wildman–Crippen MR) is 93.7 cm³/mol. The lowest BCUT2D eigenvalue weighted by Crippen LogP contribution is -2.52. The summed E-state index contributed by atoms with van der Waals surface area (Å²) in [5.74, 6) is -0.131. The molecule has 3 N–H and O–H groups in total. The van der Waals surface area contributed by atoms with Gasteiger partial charge in [-0.25, -0.2) is 4.39 Å². The van der Waals surface area contributed by atoms with Gasteiger partial charge in [0.2, 0.25) is 0 Å². The summed E-state index contributed by atoms with van der Waals surface area (Å²) in [4.78, 5) is 11.9. The summed E-state index contributed by atoms with van der Waals surface area (Å²) in [5.41, 5.74) is 4.93. The third-order valence-electron chi connectivity index (χ3n) is 4.49. The van der Waals surface area contributed by atoms with Gasteiger partial charge in [0.05, 0.1) is 5.56 Å². The van der Waals surface area contributed by atoms with E-state index >= 15 is 0 Å². The SMILES string of the molecule is C[C@H]1[C@@H](NC(=S)NNC(=O)c2ccc(Cl)cc2F)CCC[C@@H]1C. The summed E-state index contributed by atoms with van der Waals surface area (Å²) in [5, 5.41) is 3.79. The van der Waals surface area contributed by atoms with E-state index in [1.54, 1.807) is 0 Å². The Labute approximate surface area is 146 Å². The lowest BCUT2D eigenvalue weighted by Gasteiger charge is -2.35. The molecule has 23 heavy (non-hydrogen) atoms. The van der Waals surface area contributed by atoms with Gasteiger partial charge in [-0.3, -0.25) is 15.6 Å². The Morgan fingerprint density at radius 3 is 2.74 bits per heavy atom. The van der Waals surface area contributed by atoms with Crippen LogP contribution >= 0.6 is 23.8 Å². The van der Waals surface area contributed by atoms with E-state index < -0.39 is 11.7 Å². The van der Waals surface area contributed by atoms with Gasteiger partial charge < -0.3 is 5.32 Å². The first kappa shape index (κ1) is 17.9. The Balaban J connectivity index is 1.85. The number of amides is 1. The maximum atomic E-state index is 13.7. The Morgan fingerprint density at radius 1 is 1.30 bits per heavy atom. The molecule has 0 aliphatic heterocycles. The molecule has 2 rings (SSSR count). The lowest BCUT2D eigenvalue weighted by atomic mass is 9.78. The number of hydrazine groups is 1. The maximum Gasteiger partial charge on any atom is 0.272 e. The van der Waals surface area contributed by atoms with E-state index in [0.29, 0.717) is 16.9 Å². The second-order valence-electron chi connectivity index (χ2n) is 6.05. The Hall–Kier alpha value is -1.40. The van der Waals surface area contributed by atoms with E-state index in [0.717, 1.165) is 18.9 Å². The number of nitrogens with one attached hydrogen (secondary N) is 3. The highest BCUT2D eigenvalue weighted by Crippen LogP contribution is 2.29. The van der Waals surface area contributed by atoms with E-state index in [4.69, 9.17) is 23.8 Å². The van der Waals surface area contributed by atoms with Crippen molar-refractivity contribution < 1.29 is 9.18 Å². The first-order valence-electron chi connectivity index (χ1n) is 7.70. The normalized spacial score (nSPS) is 23.9. The van der Waals surface area contributed by atoms with Crippen LogP contribution in [0.4, 0.5) is 4.39 Å². The lowest BCUT2D eigenvalue weighted by molar-refractivity contribution is 0.0939. The molecule has 1 aromatic rings. The number of hydrogen-bond donors (Lipinski definition) is 3.